The van der Waals surface area contributed by atoms with E-state index in [1.54, 1.807) is 35.5 Å². The molecule has 1 N–H and O–H groups in total. The molecule has 3 aromatic carbocycles. The number of nitrogens with zero attached hydrogens (tertiary/aromatic N) is 4. The van der Waals surface area contributed by atoms with Gasteiger partial charge in [-0.3, -0.25) is 0 Å². The maximum Gasteiger partial charge on any atom is 0.232 e. The van der Waals surface area contributed by atoms with E-state index in [0.717, 1.165) is 28.0 Å². The summed E-state index contributed by atoms with van der Waals surface area (Å²) in [5, 5.41) is 3.31. The van der Waals surface area contributed by atoms with Gasteiger partial charge in [0.1, 0.15) is 17.2 Å². The molecule has 0 aliphatic rings. The summed E-state index contributed by atoms with van der Waals surface area (Å²) in [6.07, 6.45) is 0. The number of hydrogen-bond acceptors (Lipinski definition) is 10. The first-order valence-electron chi connectivity index (χ1n) is 12.8. The van der Waals surface area contributed by atoms with E-state index in [-0.39, 0.29) is 5.28 Å². The molecule has 0 fully saturated rings. The van der Waals surface area contributed by atoms with Gasteiger partial charge in [0.25, 0.3) is 0 Å². The molecule has 0 bridgehead atoms. The standard InChI is InChI=1S/C30H34ClN5O5/c1-19-13-25(39-4)23(26(14-19)40-5)18-36(17-20-7-10-22(37-2)11-8-20)30-34-28(31)33-29(35-30)32-16-21-9-12-24(38-3)27(15-21)41-6/h7-15H,16-18H2,1-6H3,(H,32,33,34,35). The monoisotopic (exact) mass is 579 g/mol. The Morgan fingerprint density at radius 1 is 0.683 bits per heavy atom. The van der Waals surface area contributed by atoms with Crippen LogP contribution in [0.3, 0.4) is 0 Å². The van der Waals surface area contributed by atoms with Crippen molar-refractivity contribution in [1.29, 1.82) is 0 Å². The lowest BCUT2D eigenvalue weighted by Gasteiger charge is -2.25. The molecule has 11 heteroatoms. The van der Waals surface area contributed by atoms with E-state index in [1.165, 1.54) is 0 Å². The number of hydrogen-bond donors (Lipinski definition) is 1. The van der Waals surface area contributed by atoms with Crippen molar-refractivity contribution in [1.82, 2.24) is 15.0 Å². The van der Waals surface area contributed by atoms with Gasteiger partial charge in [-0.15, -0.1) is 0 Å². The summed E-state index contributed by atoms with van der Waals surface area (Å²) >= 11 is 6.42. The molecule has 0 atom stereocenters. The third-order valence-corrected chi connectivity index (χ3v) is 6.58. The number of nitrogens with one attached hydrogen (secondary N) is 1. The van der Waals surface area contributed by atoms with E-state index < -0.39 is 0 Å². The van der Waals surface area contributed by atoms with Gasteiger partial charge in [-0.25, -0.2) is 0 Å². The lowest BCUT2D eigenvalue weighted by Crippen LogP contribution is -2.26. The lowest BCUT2D eigenvalue weighted by molar-refractivity contribution is 0.354. The summed E-state index contributed by atoms with van der Waals surface area (Å²) in [7, 11) is 8.12. The van der Waals surface area contributed by atoms with Crippen LogP contribution in [0.25, 0.3) is 0 Å². The van der Waals surface area contributed by atoms with Crippen LogP contribution in [0.4, 0.5) is 11.9 Å². The van der Waals surface area contributed by atoms with Gasteiger partial charge in [-0.2, -0.15) is 15.0 Å². The van der Waals surface area contributed by atoms with Gasteiger partial charge in [-0.05, 0) is 71.6 Å². The van der Waals surface area contributed by atoms with E-state index in [2.05, 4.69) is 15.3 Å². The molecule has 0 saturated heterocycles. The number of halogens is 1. The van der Waals surface area contributed by atoms with Crippen LogP contribution in [0, 0.1) is 6.92 Å². The van der Waals surface area contributed by atoms with Crippen molar-refractivity contribution in [2.75, 3.05) is 45.8 Å². The van der Waals surface area contributed by atoms with E-state index in [4.69, 9.17) is 40.3 Å². The largest absolute Gasteiger partial charge is 0.497 e. The predicted molar refractivity (Wildman–Crippen MR) is 159 cm³/mol. The molecule has 1 aromatic heterocycles. The van der Waals surface area contributed by atoms with E-state index in [1.807, 2.05) is 66.4 Å². The van der Waals surface area contributed by atoms with Crippen LogP contribution >= 0.6 is 11.6 Å². The lowest BCUT2D eigenvalue weighted by atomic mass is 10.1. The topological polar surface area (TPSA) is 100 Å². The fraction of sp³-hybridized carbons (Fsp3) is 0.300. The average molecular weight is 580 g/mol. The minimum absolute atomic E-state index is 0.0624. The van der Waals surface area contributed by atoms with Crippen LogP contribution in [-0.4, -0.2) is 50.5 Å². The smallest absolute Gasteiger partial charge is 0.232 e. The molecule has 0 aliphatic carbocycles. The minimum atomic E-state index is 0.0624. The Morgan fingerprint density at radius 2 is 1.32 bits per heavy atom. The number of aryl methyl sites for hydroxylation is 1. The van der Waals surface area contributed by atoms with Crippen LogP contribution < -0.4 is 33.9 Å². The molecule has 0 aliphatic heterocycles. The summed E-state index contributed by atoms with van der Waals surface area (Å²) in [5.41, 5.74) is 3.84. The van der Waals surface area contributed by atoms with Crippen LogP contribution in [0.1, 0.15) is 22.3 Å². The Morgan fingerprint density at radius 3 is 1.93 bits per heavy atom. The van der Waals surface area contributed by atoms with Crippen molar-refractivity contribution in [2.24, 2.45) is 0 Å². The highest BCUT2D eigenvalue weighted by Crippen LogP contribution is 2.33. The highest BCUT2D eigenvalue weighted by molar-refractivity contribution is 6.28. The maximum absolute atomic E-state index is 6.42. The van der Waals surface area contributed by atoms with Gasteiger partial charge in [0, 0.05) is 13.1 Å². The van der Waals surface area contributed by atoms with Crippen molar-refractivity contribution < 1.29 is 23.7 Å². The molecule has 0 saturated carbocycles. The van der Waals surface area contributed by atoms with Crippen LogP contribution in [-0.2, 0) is 19.6 Å². The zero-order valence-electron chi connectivity index (χ0n) is 24.0. The highest BCUT2D eigenvalue weighted by Gasteiger charge is 2.20. The van der Waals surface area contributed by atoms with E-state index in [0.29, 0.717) is 54.5 Å². The molecule has 4 aromatic rings. The van der Waals surface area contributed by atoms with Gasteiger partial charge in [0.2, 0.25) is 17.2 Å². The zero-order valence-corrected chi connectivity index (χ0v) is 24.8. The summed E-state index contributed by atoms with van der Waals surface area (Å²) in [5.74, 6) is 4.18. The molecule has 41 heavy (non-hydrogen) atoms. The number of ether oxygens (including phenoxy) is 5. The first-order valence-corrected chi connectivity index (χ1v) is 13.2. The summed E-state index contributed by atoms with van der Waals surface area (Å²) in [4.78, 5) is 15.5. The van der Waals surface area contributed by atoms with Gasteiger partial charge in [-0.1, -0.05) is 18.2 Å². The first-order chi connectivity index (χ1) is 19.9. The molecular weight excluding hydrogens is 546 g/mol. The molecule has 0 radical (unpaired) electrons. The Hall–Kier alpha value is -4.44. The Kier molecular flexibility index (Phi) is 9.91. The SMILES string of the molecule is COc1ccc(CN(Cc2c(OC)cc(C)cc2OC)c2nc(Cl)nc(NCc3ccc(OC)c(OC)c3)n2)cc1. The number of methoxy groups -OCH3 is 5. The summed E-state index contributed by atoms with van der Waals surface area (Å²) in [6.45, 7) is 3.28. The second-order valence-electron chi connectivity index (χ2n) is 9.12. The fourth-order valence-electron chi connectivity index (χ4n) is 4.34. The number of aromatic nitrogens is 3. The normalized spacial score (nSPS) is 10.6. The quantitative estimate of drug-likeness (QED) is 0.212. The summed E-state index contributed by atoms with van der Waals surface area (Å²) in [6, 6.07) is 17.4. The molecule has 4 rings (SSSR count). The van der Waals surface area contributed by atoms with Gasteiger partial charge in [0.15, 0.2) is 11.5 Å². The Bertz CT molecular complexity index is 1440. The molecule has 0 amide bonds. The predicted octanol–water partition coefficient (Wildman–Crippen LogP) is 5.70. The molecular formula is C30H34ClN5O5. The van der Waals surface area contributed by atoms with Crippen molar-refractivity contribution >= 4 is 23.5 Å². The second kappa shape index (κ2) is 13.8. The van der Waals surface area contributed by atoms with Crippen molar-refractivity contribution in [3.8, 4) is 28.7 Å². The van der Waals surface area contributed by atoms with Crippen molar-refractivity contribution in [3.63, 3.8) is 0 Å². The Balaban J connectivity index is 1.67. The number of anilines is 2. The highest BCUT2D eigenvalue weighted by atomic mass is 35.5. The van der Waals surface area contributed by atoms with Gasteiger partial charge >= 0.3 is 0 Å². The zero-order chi connectivity index (χ0) is 29.4. The minimum Gasteiger partial charge on any atom is -0.497 e. The van der Waals surface area contributed by atoms with Crippen LogP contribution in [0.5, 0.6) is 28.7 Å². The van der Waals surface area contributed by atoms with E-state index in [9.17, 15) is 0 Å². The second-order valence-corrected chi connectivity index (χ2v) is 9.46. The number of rotatable bonds is 13. The first kappa shape index (κ1) is 29.5. The molecule has 0 spiro atoms. The van der Waals surface area contributed by atoms with Crippen LogP contribution in [0.2, 0.25) is 5.28 Å². The van der Waals surface area contributed by atoms with E-state index >= 15 is 0 Å². The van der Waals surface area contributed by atoms with Crippen molar-refractivity contribution in [3.05, 3.63) is 82.1 Å². The third kappa shape index (κ3) is 7.40. The van der Waals surface area contributed by atoms with Gasteiger partial charge in [0.05, 0.1) is 47.7 Å². The Labute approximate surface area is 245 Å². The fourth-order valence-corrected chi connectivity index (χ4v) is 4.50. The molecule has 0 unspecified atom stereocenters. The molecule has 10 nitrogen and oxygen atoms in total. The number of benzene rings is 3. The van der Waals surface area contributed by atoms with Crippen molar-refractivity contribution in [2.45, 2.75) is 26.6 Å². The summed E-state index contributed by atoms with van der Waals surface area (Å²) < 4.78 is 27.5. The maximum atomic E-state index is 6.42. The molecule has 1 heterocycles. The molecule has 216 valence electrons. The van der Waals surface area contributed by atoms with Gasteiger partial charge < -0.3 is 33.9 Å². The van der Waals surface area contributed by atoms with Crippen LogP contribution in [0.15, 0.2) is 54.6 Å². The average Bonchev–Trinajstić information content (AvgIpc) is 2.99. The third-order valence-electron chi connectivity index (χ3n) is 6.41.